The van der Waals surface area contributed by atoms with Crippen LogP contribution >= 0.6 is 0 Å². The summed E-state index contributed by atoms with van der Waals surface area (Å²) >= 11 is 0. The number of anilines is 1. The molecule has 4 N–H and O–H groups in total. The maximum absolute atomic E-state index is 11.8. The molecule has 1 aromatic carbocycles. The summed E-state index contributed by atoms with van der Waals surface area (Å²) < 4.78 is 32.7. The number of hydrogen-bond donors (Lipinski definition) is 3. The number of nitrogens with two attached hydrogens (primary N) is 1. The smallest absolute Gasteiger partial charge is 0.213 e. The van der Waals surface area contributed by atoms with Gasteiger partial charge in [0.2, 0.25) is 10.0 Å². The summed E-state index contributed by atoms with van der Waals surface area (Å²) in [6.45, 7) is 1.04. The van der Waals surface area contributed by atoms with Crippen molar-refractivity contribution in [3.05, 3.63) is 36.7 Å². The predicted molar refractivity (Wildman–Crippen MR) is 115 cm³/mol. The third-order valence-electron chi connectivity index (χ3n) is 4.79. The Morgan fingerprint density at radius 1 is 1.27 bits per heavy atom. The van der Waals surface area contributed by atoms with Crippen LogP contribution in [0.3, 0.4) is 0 Å². The molecule has 0 aliphatic heterocycles. The molecule has 0 saturated heterocycles. The van der Waals surface area contributed by atoms with Crippen LogP contribution in [-0.2, 0) is 21.3 Å². The van der Waals surface area contributed by atoms with E-state index in [1.54, 1.807) is 10.9 Å². The SMILES string of the molecule is COCCS(=O)(=O)NCCCn1cc2c(N)nc3cc(-c4ccn[nH]4)ccc3c2n1. The Morgan fingerprint density at radius 3 is 2.90 bits per heavy atom. The van der Waals surface area contributed by atoms with E-state index < -0.39 is 10.0 Å². The average Bonchev–Trinajstić information content (AvgIpc) is 3.40. The fourth-order valence-electron chi connectivity index (χ4n) is 3.25. The molecule has 11 heteroatoms. The number of fused-ring (bicyclic) bond motifs is 3. The molecule has 0 bridgehead atoms. The number of hydrogen-bond acceptors (Lipinski definition) is 7. The van der Waals surface area contributed by atoms with Crippen molar-refractivity contribution in [2.24, 2.45) is 0 Å². The van der Waals surface area contributed by atoms with Crippen molar-refractivity contribution in [3.63, 3.8) is 0 Å². The lowest BCUT2D eigenvalue weighted by Crippen LogP contribution is -2.29. The summed E-state index contributed by atoms with van der Waals surface area (Å²) in [5.74, 6) is 0.356. The van der Waals surface area contributed by atoms with Crippen LogP contribution < -0.4 is 10.5 Å². The van der Waals surface area contributed by atoms with Gasteiger partial charge in [0.1, 0.15) is 11.3 Å². The predicted octanol–water partition coefficient (Wildman–Crippen LogP) is 1.51. The number of ether oxygens (including phenoxy) is 1. The summed E-state index contributed by atoms with van der Waals surface area (Å²) in [7, 11) is -1.85. The Morgan fingerprint density at radius 2 is 2.13 bits per heavy atom. The van der Waals surface area contributed by atoms with Gasteiger partial charge in [0.25, 0.3) is 0 Å². The van der Waals surface area contributed by atoms with Crippen LogP contribution in [0.15, 0.2) is 36.7 Å². The fourth-order valence-corrected chi connectivity index (χ4v) is 4.24. The molecule has 0 fully saturated rings. The Hall–Kier alpha value is -3.02. The zero-order valence-electron chi connectivity index (χ0n) is 16.5. The number of rotatable bonds is 9. The van der Waals surface area contributed by atoms with Crippen molar-refractivity contribution < 1.29 is 13.2 Å². The highest BCUT2D eigenvalue weighted by Gasteiger charge is 2.13. The van der Waals surface area contributed by atoms with E-state index in [4.69, 9.17) is 10.5 Å². The molecule has 3 aromatic heterocycles. The highest BCUT2D eigenvalue weighted by Crippen LogP contribution is 2.29. The molecule has 0 radical (unpaired) electrons. The average molecular weight is 430 g/mol. The quantitative estimate of drug-likeness (QED) is 0.343. The van der Waals surface area contributed by atoms with Crippen molar-refractivity contribution in [1.82, 2.24) is 29.7 Å². The molecule has 10 nitrogen and oxygen atoms in total. The summed E-state index contributed by atoms with van der Waals surface area (Å²) in [5, 5.41) is 13.3. The van der Waals surface area contributed by atoms with Gasteiger partial charge in [-0.15, -0.1) is 0 Å². The lowest BCUT2D eigenvalue weighted by atomic mass is 10.1. The second-order valence-corrected chi connectivity index (χ2v) is 8.84. The van der Waals surface area contributed by atoms with Crippen molar-refractivity contribution in [1.29, 1.82) is 0 Å². The van der Waals surface area contributed by atoms with E-state index in [0.717, 1.165) is 33.1 Å². The minimum atomic E-state index is -3.32. The maximum Gasteiger partial charge on any atom is 0.213 e. The summed E-state index contributed by atoms with van der Waals surface area (Å²) in [5.41, 5.74) is 9.56. The molecule has 0 saturated carbocycles. The Kier molecular flexibility index (Phi) is 5.66. The third kappa shape index (κ3) is 4.27. The molecule has 3 heterocycles. The van der Waals surface area contributed by atoms with Gasteiger partial charge in [-0.3, -0.25) is 9.78 Å². The van der Waals surface area contributed by atoms with Gasteiger partial charge < -0.3 is 10.5 Å². The number of aromatic nitrogens is 5. The topological polar surface area (TPSA) is 141 Å². The van der Waals surface area contributed by atoms with E-state index >= 15 is 0 Å². The van der Waals surface area contributed by atoms with Gasteiger partial charge in [0.05, 0.1) is 29.0 Å². The third-order valence-corrected chi connectivity index (χ3v) is 6.13. The van der Waals surface area contributed by atoms with E-state index in [0.29, 0.717) is 25.3 Å². The molecule has 4 aromatic rings. The summed E-state index contributed by atoms with van der Waals surface area (Å²) in [6.07, 6.45) is 4.14. The van der Waals surface area contributed by atoms with Crippen LogP contribution in [0.2, 0.25) is 0 Å². The molecule has 158 valence electrons. The number of aromatic amines is 1. The highest BCUT2D eigenvalue weighted by molar-refractivity contribution is 7.89. The standard InChI is InChI=1S/C19H23N7O3S/c1-29-9-10-30(27,28)22-6-2-8-26-12-15-18(25-26)14-4-3-13(16-5-7-21-24-16)11-17(14)23-19(15)20/h3-5,7,11-12,22H,2,6,8-10H2,1H3,(H2,20,23)(H,21,24). The first-order chi connectivity index (χ1) is 14.5. The first kappa shape index (κ1) is 20.3. The number of nitrogens with one attached hydrogen (secondary N) is 2. The molecule has 0 spiro atoms. The number of aryl methyl sites for hydroxylation is 1. The van der Waals surface area contributed by atoms with Crippen molar-refractivity contribution >= 4 is 37.6 Å². The van der Waals surface area contributed by atoms with Crippen molar-refractivity contribution in [2.75, 3.05) is 31.7 Å². The molecule has 0 aliphatic carbocycles. The highest BCUT2D eigenvalue weighted by atomic mass is 32.2. The lowest BCUT2D eigenvalue weighted by Gasteiger charge is -2.06. The van der Waals surface area contributed by atoms with Gasteiger partial charge in [-0.25, -0.2) is 18.1 Å². The van der Waals surface area contributed by atoms with Gasteiger partial charge in [0, 0.05) is 43.5 Å². The van der Waals surface area contributed by atoms with Crippen LogP contribution in [0.4, 0.5) is 5.82 Å². The van der Waals surface area contributed by atoms with Crippen molar-refractivity contribution in [2.45, 2.75) is 13.0 Å². The number of nitrogen functional groups attached to an aromatic ring is 1. The van der Waals surface area contributed by atoms with Crippen LogP contribution in [0, 0.1) is 0 Å². The van der Waals surface area contributed by atoms with Crippen LogP contribution in [0.1, 0.15) is 6.42 Å². The number of H-pyrrole nitrogens is 1. The maximum atomic E-state index is 11.8. The molecule has 0 unspecified atom stereocenters. The van der Waals surface area contributed by atoms with E-state index in [-0.39, 0.29) is 12.4 Å². The van der Waals surface area contributed by atoms with Crippen LogP contribution in [-0.4, -0.2) is 59.4 Å². The Bertz CT molecular complexity index is 1270. The Balaban J connectivity index is 1.52. The van der Waals surface area contributed by atoms with Crippen molar-refractivity contribution in [3.8, 4) is 11.3 Å². The number of methoxy groups -OCH3 is 1. The number of pyridine rings is 1. The van der Waals surface area contributed by atoms with Gasteiger partial charge >= 0.3 is 0 Å². The molecular weight excluding hydrogens is 406 g/mol. The lowest BCUT2D eigenvalue weighted by molar-refractivity contribution is 0.217. The first-order valence-corrected chi connectivity index (χ1v) is 11.1. The fraction of sp³-hybridized carbons (Fsp3) is 0.316. The second kappa shape index (κ2) is 8.38. The molecule has 0 aliphatic rings. The van der Waals surface area contributed by atoms with E-state index in [1.807, 2.05) is 30.5 Å². The van der Waals surface area contributed by atoms with E-state index in [9.17, 15) is 8.42 Å². The van der Waals surface area contributed by atoms with Crippen LogP contribution in [0.5, 0.6) is 0 Å². The molecular formula is C19H23N7O3S. The summed E-state index contributed by atoms with van der Waals surface area (Å²) in [6, 6.07) is 7.80. The van der Waals surface area contributed by atoms with E-state index in [2.05, 4.69) is 25.0 Å². The van der Waals surface area contributed by atoms with Gasteiger partial charge in [-0.1, -0.05) is 6.07 Å². The molecule has 0 atom stereocenters. The van der Waals surface area contributed by atoms with Gasteiger partial charge in [0.15, 0.2) is 0 Å². The van der Waals surface area contributed by atoms with Crippen LogP contribution in [0.25, 0.3) is 33.1 Å². The minimum Gasteiger partial charge on any atom is -0.384 e. The second-order valence-electron chi connectivity index (χ2n) is 6.91. The number of sulfonamides is 1. The normalized spacial score (nSPS) is 12.2. The zero-order chi connectivity index (χ0) is 21.1. The van der Waals surface area contributed by atoms with E-state index in [1.165, 1.54) is 7.11 Å². The first-order valence-electron chi connectivity index (χ1n) is 9.49. The number of benzene rings is 1. The van der Waals surface area contributed by atoms with Gasteiger partial charge in [-0.2, -0.15) is 10.2 Å². The zero-order valence-corrected chi connectivity index (χ0v) is 17.3. The molecule has 30 heavy (non-hydrogen) atoms. The number of nitrogens with zero attached hydrogens (tertiary/aromatic N) is 4. The molecule has 4 rings (SSSR count). The minimum absolute atomic E-state index is 0.0517. The monoisotopic (exact) mass is 429 g/mol. The summed E-state index contributed by atoms with van der Waals surface area (Å²) in [4.78, 5) is 4.53. The molecule has 0 amide bonds. The van der Waals surface area contributed by atoms with Gasteiger partial charge in [-0.05, 0) is 24.6 Å². The largest absolute Gasteiger partial charge is 0.384 e. The Labute approximate surface area is 173 Å².